The van der Waals surface area contributed by atoms with Crippen molar-refractivity contribution in [1.82, 2.24) is 9.88 Å². The number of nitrogens with one attached hydrogen (secondary N) is 1. The minimum atomic E-state index is -0.238. The Kier molecular flexibility index (Phi) is 4.45. The number of para-hydroxylation sites is 1. The molecular weight excluding hydrogens is 304 g/mol. The van der Waals surface area contributed by atoms with Crippen molar-refractivity contribution in [1.29, 1.82) is 0 Å². The smallest absolute Gasteiger partial charge is 0.259 e. The number of likely N-dealkylation sites (tertiary alicyclic amines) is 1. The van der Waals surface area contributed by atoms with Crippen LogP contribution in [0.15, 0.2) is 35.3 Å². The average molecular weight is 328 g/mol. The first-order valence-corrected chi connectivity index (χ1v) is 8.42. The number of hydrogen-bond donors (Lipinski definition) is 1. The number of benzene rings is 1. The molecule has 2 heterocycles. The van der Waals surface area contributed by atoms with Crippen molar-refractivity contribution >= 4 is 16.8 Å². The number of pyridine rings is 1. The quantitative estimate of drug-likeness (QED) is 0.942. The summed E-state index contributed by atoms with van der Waals surface area (Å²) in [6, 6.07) is 7.28. The van der Waals surface area contributed by atoms with Gasteiger partial charge in [-0.3, -0.25) is 9.59 Å². The number of hydrogen-bond acceptors (Lipinski definition) is 3. The first kappa shape index (κ1) is 16.7. The number of aromatic nitrogens is 1. The van der Waals surface area contributed by atoms with Crippen LogP contribution in [0.3, 0.4) is 0 Å². The first-order chi connectivity index (χ1) is 11.4. The zero-order chi connectivity index (χ0) is 17.3. The fraction of sp³-hybridized carbons (Fsp3) is 0.474. The average Bonchev–Trinajstić information content (AvgIpc) is 3.01. The number of nitrogens with zero attached hydrogens (tertiary/aromatic N) is 1. The number of rotatable bonds is 3. The van der Waals surface area contributed by atoms with Gasteiger partial charge in [-0.2, -0.15) is 0 Å². The van der Waals surface area contributed by atoms with Crippen molar-refractivity contribution in [2.75, 3.05) is 13.2 Å². The molecule has 2 aromatic rings. The molecule has 1 atom stereocenters. The first-order valence-electron chi connectivity index (χ1n) is 8.42. The standard InChI is InChI=1S/C19H24N2O3/c1-19(2,3)24-12-13-7-6-10-21(13)18(23)15-11-20-16-9-5-4-8-14(16)17(15)22/h4-5,8-9,11,13H,6-7,10,12H2,1-3H3,(H,20,22)/t13-/m1/s1. The molecule has 1 aromatic carbocycles. The summed E-state index contributed by atoms with van der Waals surface area (Å²) in [5, 5.41) is 0.546. The number of aromatic amines is 1. The topological polar surface area (TPSA) is 62.4 Å². The van der Waals surface area contributed by atoms with Crippen LogP contribution < -0.4 is 5.43 Å². The molecule has 1 aliphatic heterocycles. The summed E-state index contributed by atoms with van der Waals surface area (Å²) in [7, 11) is 0. The molecule has 0 spiro atoms. The molecule has 1 aromatic heterocycles. The molecule has 5 nitrogen and oxygen atoms in total. The number of H-pyrrole nitrogens is 1. The summed E-state index contributed by atoms with van der Waals surface area (Å²) in [4.78, 5) is 30.4. The number of fused-ring (bicyclic) bond motifs is 1. The Bertz CT molecular complexity index is 804. The second-order valence-electron chi connectivity index (χ2n) is 7.30. The zero-order valence-electron chi connectivity index (χ0n) is 14.5. The molecule has 24 heavy (non-hydrogen) atoms. The molecule has 0 aliphatic carbocycles. The maximum absolute atomic E-state index is 12.9. The number of amides is 1. The van der Waals surface area contributed by atoms with Gasteiger partial charge in [0, 0.05) is 23.6 Å². The Hall–Kier alpha value is -2.14. The Morgan fingerprint density at radius 3 is 2.83 bits per heavy atom. The molecule has 1 amide bonds. The highest BCUT2D eigenvalue weighted by Gasteiger charge is 2.32. The fourth-order valence-corrected chi connectivity index (χ4v) is 3.10. The summed E-state index contributed by atoms with van der Waals surface area (Å²) in [5.41, 5.74) is 0.499. The van der Waals surface area contributed by atoms with Crippen LogP contribution in [0, 0.1) is 0 Å². The van der Waals surface area contributed by atoms with Crippen LogP contribution in [0.4, 0.5) is 0 Å². The predicted molar refractivity (Wildman–Crippen MR) is 94.3 cm³/mol. The van der Waals surface area contributed by atoms with Gasteiger partial charge in [0.25, 0.3) is 5.91 Å². The van der Waals surface area contributed by atoms with Crippen molar-refractivity contribution < 1.29 is 9.53 Å². The van der Waals surface area contributed by atoms with Gasteiger partial charge in [0.2, 0.25) is 5.43 Å². The van der Waals surface area contributed by atoms with E-state index in [0.29, 0.717) is 18.5 Å². The fourth-order valence-electron chi connectivity index (χ4n) is 3.10. The Labute approximate surface area is 141 Å². The van der Waals surface area contributed by atoms with E-state index in [1.165, 1.54) is 6.20 Å². The Balaban J connectivity index is 1.85. The van der Waals surface area contributed by atoms with Crippen LogP contribution >= 0.6 is 0 Å². The van der Waals surface area contributed by atoms with Gasteiger partial charge in [0.15, 0.2) is 0 Å². The summed E-state index contributed by atoms with van der Waals surface area (Å²) in [6.07, 6.45) is 3.38. The van der Waals surface area contributed by atoms with Crippen molar-refractivity contribution in [2.24, 2.45) is 0 Å². The molecule has 1 saturated heterocycles. The van der Waals surface area contributed by atoms with Crippen LogP contribution in [-0.2, 0) is 4.74 Å². The normalized spacial score (nSPS) is 18.3. The van der Waals surface area contributed by atoms with Crippen LogP contribution in [0.1, 0.15) is 44.0 Å². The lowest BCUT2D eigenvalue weighted by atomic mass is 10.1. The van der Waals surface area contributed by atoms with E-state index in [1.807, 2.05) is 39.0 Å². The molecule has 1 fully saturated rings. The number of ether oxygens (including phenoxy) is 1. The van der Waals surface area contributed by atoms with Gasteiger partial charge in [0.05, 0.1) is 18.2 Å². The van der Waals surface area contributed by atoms with Crippen molar-refractivity contribution in [3.63, 3.8) is 0 Å². The molecule has 1 N–H and O–H groups in total. The second-order valence-corrected chi connectivity index (χ2v) is 7.30. The van der Waals surface area contributed by atoms with Gasteiger partial charge in [-0.25, -0.2) is 0 Å². The van der Waals surface area contributed by atoms with Crippen LogP contribution in [0.2, 0.25) is 0 Å². The highest BCUT2D eigenvalue weighted by atomic mass is 16.5. The predicted octanol–water partition coefficient (Wildman–Crippen LogP) is 2.95. The maximum atomic E-state index is 12.9. The monoisotopic (exact) mass is 328 g/mol. The molecule has 128 valence electrons. The summed E-state index contributed by atoms with van der Waals surface area (Å²) < 4.78 is 5.85. The van der Waals surface area contributed by atoms with Crippen LogP contribution in [0.5, 0.6) is 0 Å². The third kappa shape index (κ3) is 3.36. The van der Waals surface area contributed by atoms with Gasteiger partial charge in [0.1, 0.15) is 5.56 Å². The second kappa shape index (κ2) is 6.40. The van der Waals surface area contributed by atoms with Gasteiger partial charge < -0.3 is 14.6 Å². The molecule has 0 bridgehead atoms. The van der Waals surface area contributed by atoms with Crippen molar-refractivity contribution in [2.45, 2.75) is 45.3 Å². The Morgan fingerprint density at radius 2 is 2.08 bits per heavy atom. The molecule has 0 saturated carbocycles. The third-order valence-electron chi connectivity index (χ3n) is 4.37. The number of carbonyl (C=O) groups is 1. The largest absolute Gasteiger partial charge is 0.374 e. The van der Waals surface area contributed by atoms with Crippen LogP contribution in [0.25, 0.3) is 10.9 Å². The lowest BCUT2D eigenvalue weighted by Gasteiger charge is -2.28. The van der Waals surface area contributed by atoms with Gasteiger partial charge in [-0.1, -0.05) is 12.1 Å². The highest BCUT2D eigenvalue weighted by Crippen LogP contribution is 2.22. The van der Waals surface area contributed by atoms with Gasteiger partial charge in [-0.15, -0.1) is 0 Å². The van der Waals surface area contributed by atoms with E-state index >= 15 is 0 Å². The van der Waals surface area contributed by atoms with E-state index in [9.17, 15) is 9.59 Å². The lowest BCUT2D eigenvalue weighted by molar-refractivity contribution is -0.0258. The van der Waals surface area contributed by atoms with Gasteiger partial charge in [-0.05, 0) is 45.7 Å². The molecule has 0 unspecified atom stereocenters. The minimum absolute atomic E-state index is 0.0302. The third-order valence-corrected chi connectivity index (χ3v) is 4.37. The Morgan fingerprint density at radius 1 is 1.33 bits per heavy atom. The van der Waals surface area contributed by atoms with Gasteiger partial charge >= 0.3 is 0 Å². The maximum Gasteiger partial charge on any atom is 0.259 e. The minimum Gasteiger partial charge on any atom is -0.374 e. The molecule has 0 radical (unpaired) electrons. The molecular formula is C19H24N2O3. The van der Waals surface area contributed by atoms with E-state index in [0.717, 1.165) is 18.4 Å². The van der Waals surface area contributed by atoms with E-state index in [1.54, 1.807) is 11.0 Å². The molecule has 3 rings (SSSR count). The van der Waals surface area contributed by atoms with Crippen molar-refractivity contribution in [3.05, 3.63) is 46.2 Å². The zero-order valence-corrected chi connectivity index (χ0v) is 14.5. The molecule has 1 aliphatic rings. The summed E-state index contributed by atoms with van der Waals surface area (Å²) in [5.74, 6) is -0.206. The SMILES string of the molecule is CC(C)(C)OC[C@H]1CCCN1C(=O)c1c[nH]c2ccccc2c1=O. The van der Waals surface area contributed by atoms with E-state index < -0.39 is 0 Å². The number of carbonyl (C=O) groups excluding carboxylic acids is 1. The lowest BCUT2D eigenvalue weighted by Crippen LogP contribution is -2.41. The van der Waals surface area contributed by atoms with Crippen LogP contribution in [-0.4, -0.2) is 40.6 Å². The molecule has 5 heteroatoms. The van der Waals surface area contributed by atoms with Crippen molar-refractivity contribution in [3.8, 4) is 0 Å². The van der Waals surface area contributed by atoms with E-state index in [4.69, 9.17) is 4.74 Å². The highest BCUT2D eigenvalue weighted by molar-refractivity contribution is 5.97. The summed E-state index contributed by atoms with van der Waals surface area (Å²) in [6.45, 7) is 7.18. The summed E-state index contributed by atoms with van der Waals surface area (Å²) >= 11 is 0. The van der Waals surface area contributed by atoms with E-state index in [2.05, 4.69) is 4.98 Å². The van der Waals surface area contributed by atoms with E-state index in [-0.39, 0.29) is 28.5 Å².